The maximum atomic E-state index is 12.6. The summed E-state index contributed by atoms with van der Waals surface area (Å²) < 4.78 is 26.2. The summed E-state index contributed by atoms with van der Waals surface area (Å²) >= 11 is 1.28. The lowest BCUT2D eigenvalue weighted by atomic mass is 10.0. The molecule has 1 aromatic heterocycles. The Morgan fingerprint density at radius 3 is 2.39 bits per heavy atom. The first-order valence-electron chi connectivity index (χ1n) is 9.53. The van der Waals surface area contributed by atoms with E-state index in [4.69, 9.17) is 5.26 Å². The molecule has 7 nitrogen and oxygen atoms in total. The lowest BCUT2D eigenvalue weighted by Gasteiger charge is -2.16. The number of aromatic nitrogens is 1. The van der Waals surface area contributed by atoms with Gasteiger partial charge >= 0.3 is 0 Å². The van der Waals surface area contributed by atoms with Crippen LogP contribution in [0.5, 0.6) is 0 Å². The Hall–Kier alpha value is -3.06. The molecular weight excluding hydrogens is 432 g/mol. The van der Waals surface area contributed by atoms with Crippen LogP contribution in [0.4, 0.5) is 5.13 Å². The van der Waals surface area contributed by atoms with Gasteiger partial charge in [0.2, 0.25) is 15.9 Å². The van der Waals surface area contributed by atoms with Crippen molar-refractivity contribution in [1.29, 1.82) is 5.26 Å². The predicted molar refractivity (Wildman–Crippen MR) is 121 cm³/mol. The molecule has 0 saturated heterocycles. The van der Waals surface area contributed by atoms with E-state index in [1.807, 2.05) is 23.6 Å². The Balaban J connectivity index is 1.64. The molecule has 160 valence electrons. The number of anilines is 1. The SMILES string of the molecule is CC(C)c1ccc(-c2csc(NC(=O)CN(C)S(=O)(=O)c3ccc(C#N)cc3)n2)cc1. The number of hydrogen-bond acceptors (Lipinski definition) is 6. The van der Waals surface area contributed by atoms with Gasteiger partial charge in [-0.3, -0.25) is 4.79 Å². The van der Waals surface area contributed by atoms with Crippen molar-refractivity contribution in [2.45, 2.75) is 24.7 Å². The molecule has 31 heavy (non-hydrogen) atoms. The van der Waals surface area contributed by atoms with Crippen LogP contribution in [-0.2, 0) is 14.8 Å². The summed E-state index contributed by atoms with van der Waals surface area (Å²) in [6, 6.07) is 15.6. The molecule has 1 heterocycles. The summed E-state index contributed by atoms with van der Waals surface area (Å²) in [5.74, 6) is -0.0485. The average molecular weight is 455 g/mol. The molecule has 0 bridgehead atoms. The molecule has 3 rings (SSSR count). The number of rotatable bonds is 7. The number of nitriles is 1. The van der Waals surface area contributed by atoms with Gasteiger partial charge in [0.1, 0.15) is 0 Å². The molecule has 0 spiro atoms. The van der Waals surface area contributed by atoms with Crippen LogP contribution in [0.3, 0.4) is 0 Å². The monoisotopic (exact) mass is 454 g/mol. The van der Waals surface area contributed by atoms with E-state index < -0.39 is 15.9 Å². The third-order valence-electron chi connectivity index (χ3n) is 4.68. The van der Waals surface area contributed by atoms with Crippen molar-refractivity contribution in [2.75, 3.05) is 18.9 Å². The van der Waals surface area contributed by atoms with Gasteiger partial charge in [-0.05, 0) is 35.7 Å². The van der Waals surface area contributed by atoms with E-state index in [0.717, 1.165) is 15.6 Å². The van der Waals surface area contributed by atoms with Gasteiger partial charge in [0, 0.05) is 18.0 Å². The van der Waals surface area contributed by atoms with Gasteiger partial charge in [0.25, 0.3) is 0 Å². The van der Waals surface area contributed by atoms with Crippen LogP contribution in [-0.4, -0.2) is 37.2 Å². The van der Waals surface area contributed by atoms with Crippen molar-refractivity contribution in [3.63, 3.8) is 0 Å². The van der Waals surface area contributed by atoms with Crippen LogP contribution in [0.1, 0.15) is 30.9 Å². The molecule has 0 unspecified atom stereocenters. The number of benzene rings is 2. The highest BCUT2D eigenvalue weighted by molar-refractivity contribution is 7.89. The van der Waals surface area contributed by atoms with E-state index in [-0.39, 0.29) is 11.4 Å². The number of thiazole rings is 1. The number of likely N-dealkylation sites (N-methyl/N-ethyl adjacent to an activating group) is 1. The Morgan fingerprint density at radius 2 is 1.81 bits per heavy atom. The van der Waals surface area contributed by atoms with Gasteiger partial charge in [0.15, 0.2) is 5.13 Å². The lowest BCUT2D eigenvalue weighted by Crippen LogP contribution is -2.34. The van der Waals surface area contributed by atoms with Crippen molar-refractivity contribution in [3.05, 3.63) is 65.0 Å². The van der Waals surface area contributed by atoms with Crippen LogP contribution in [0.15, 0.2) is 58.8 Å². The molecule has 0 radical (unpaired) electrons. The first kappa shape index (κ1) is 22.6. The lowest BCUT2D eigenvalue weighted by molar-refractivity contribution is -0.116. The van der Waals surface area contributed by atoms with Crippen LogP contribution >= 0.6 is 11.3 Å². The quantitative estimate of drug-likeness (QED) is 0.580. The molecule has 0 saturated carbocycles. The molecule has 0 aliphatic heterocycles. The Labute approximate surface area is 186 Å². The normalized spacial score (nSPS) is 11.5. The summed E-state index contributed by atoms with van der Waals surface area (Å²) in [6.45, 7) is 3.90. The van der Waals surface area contributed by atoms with E-state index in [1.54, 1.807) is 0 Å². The maximum Gasteiger partial charge on any atom is 0.243 e. The first-order valence-corrected chi connectivity index (χ1v) is 11.8. The van der Waals surface area contributed by atoms with Crippen LogP contribution < -0.4 is 5.32 Å². The number of nitrogens with one attached hydrogen (secondary N) is 1. The standard InChI is InChI=1S/C22H22N4O3S2/c1-15(2)17-6-8-18(9-7-17)20-14-30-22(24-20)25-21(27)13-26(3)31(28,29)19-10-4-16(12-23)5-11-19/h4-11,14-15H,13H2,1-3H3,(H,24,25,27). The molecule has 1 amide bonds. The van der Waals surface area contributed by atoms with E-state index in [0.29, 0.717) is 16.6 Å². The molecule has 0 aliphatic carbocycles. The molecule has 0 atom stereocenters. The minimum Gasteiger partial charge on any atom is -0.301 e. The zero-order chi connectivity index (χ0) is 22.6. The second-order valence-corrected chi connectivity index (χ2v) is 10.2. The summed E-state index contributed by atoms with van der Waals surface area (Å²) in [4.78, 5) is 16.8. The van der Waals surface area contributed by atoms with E-state index in [1.165, 1.54) is 48.2 Å². The van der Waals surface area contributed by atoms with Gasteiger partial charge in [-0.1, -0.05) is 38.1 Å². The summed E-state index contributed by atoms with van der Waals surface area (Å²) in [5.41, 5.74) is 3.28. The fourth-order valence-corrected chi connectivity index (χ4v) is 4.69. The highest BCUT2D eigenvalue weighted by atomic mass is 32.2. The van der Waals surface area contributed by atoms with E-state index in [2.05, 4.69) is 36.3 Å². The molecule has 3 aromatic rings. The average Bonchev–Trinajstić information content (AvgIpc) is 3.22. The second-order valence-electron chi connectivity index (χ2n) is 7.26. The maximum absolute atomic E-state index is 12.6. The summed E-state index contributed by atoms with van der Waals surface area (Å²) in [7, 11) is -2.52. The van der Waals surface area contributed by atoms with Crippen molar-refractivity contribution in [1.82, 2.24) is 9.29 Å². The van der Waals surface area contributed by atoms with Gasteiger partial charge in [-0.15, -0.1) is 11.3 Å². The number of hydrogen-bond donors (Lipinski definition) is 1. The Bertz CT molecular complexity index is 1210. The largest absolute Gasteiger partial charge is 0.301 e. The predicted octanol–water partition coefficient (Wildman–Crippen LogP) is 4.06. The fourth-order valence-electron chi connectivity index (χ4n) is 2.83. The molecule has 0 fully saturated rings. The molecule has 2 aromatic carbocycles. The fraction of sp³-hybridized carbons (Fsp3) is 0.227. The zero-order valence-electron chi connectivity index (χ0n) is 17.4. The smallest absolute Gasteiger partial charge is 0.243 e. The number of carbonyl (C=O) groups is 1. The topological polar surface area (TPSA) is 103 Å². The van der Waals surface area contributed by atoms with Crippen LogP contribution in [0, 0.1) is 11.3 Å². The Kier molecular flexibility index (Phi) is 6.85. The highest BCUT2D eigenvalue weighted by Crippen LogP contribution is 2.26. The first-order chi connectivity index (χ1) is 14.7. The van der Waals surface area contributed by atoms with Gasteiger partial charge < -0.3 is 5.32 Å². The van der Waals surface area contributed by atoms with E-state index in [9.17, 15) is 13.2 Å². The highest BCUT2D eigenvalue weighted by Gasteiger charge is 2.23. The number of amides is 1. The summed E-state index contributed by atoms with van der Waals surface area (Å²) in [6.07, 6.45) is 0. The Morgan fingerprint density at radius 1 is 1.16 bits per heavy atom. The van der Waals surface area contributed by atoms with E-state index >= 15 is 0 Å². The van der Waals surface area contributed by atoms with Crippen molar-refractivity contribution < 1.29 is 13.2 Å². The minimum atomic E-state index is -3.85. The van der Waals surface area contributed by atoms with Crippen molar-refractivity contribution in [3.8, 4) is 17.3 Å². The number of nitrogens with zero attached hydrogens (tertiary/aromatic N) is 3. The molecule has 1 N–H and O–H groups in total. The third-order valence-corrected chi connectivity index (χ3v) is 7.26. The summed E-state index contributed by atoms with van der Waals surface area (Å²) in [5, 5.41) is 13.7. The number of sulfonamides is 1. The van der Waals surface area contributed by atoms with Crippen LogP contribution in [0.2, 0.25) is 0 Å². The molecule has 0 aliphatic rings. The van der Waals surface area contributed by atoms with Crippen molar-refractivity contribution in [2.24, 2.45) is 0 Å². The zero-order valence-corrected chi connectivity index (χ0v) is 19.0. The minimum absolute atomic E-state index is 0.0168. The van der Waals surface area contributed by atoms with Crippen LogP contribution in [0.25, 0.3) is 11.3 Å². The molecular formula is C22H22N4O3S2. The van der Waals surface area contributed by atoms with Crippen molar-refractivity contribution >= 4 is 32.4 Å². The van der Waals surface area contributed by atoms with Gasteiger partial charge in [0.05, 0.1) is 28.8 Å². The van der Waals surface area contributed by atoms with Gasteiger partial charge in [-0.25, -0.2) is 13.4 Å². The molecule has 9 heteroatoms. The third kappa shape index (κ3) is 5.35. The second kappa shape index (κ2) is 9.39. The number of carbonyl (C=O) groups excluding carboxylic acids is 1. The van der Waals surface area contributed by atoms with Gasteiger partial charge in [-0.2, -0.15) is 9.57 Å².